The number of ether oxygens (including phenoxy) is 1. The average Bonchev–Trinajstić information content (AvgIpc) is 2.71. The molecule has 0 saturated heterocycles. The van der Waals surface area contributed by atoms with Crippen molar-refractivity contribution in [3.05, 3.63) is 64.7 Å². The molecule has 0 unspecified atom stereocenters. The number of halogens is 1. The highest BCUT2D eigenvalue weighted by Crippen LogP contribution is 2.22. The van der Waals surface area contributed by atoms with Gasteiger partial charge in [0.15, 0.2) is 0 Å². The summed E-state index contributed by atoms with van der Waals surface area (Å²) in [5, 5.41) is 3.66. The van der Waals surface area contributed by atoms with E-state index >= 15 is 0 Å². The second kappa shape index (κ2) is 11.4. The number of carbonyl (C=O) groups excluding carboxylic acids is 2. The molecule has 0 saturated carbocycles. The predicted molar refractivity (Wildman–Crippen MR) is 129 cm³/mol. The zero-order chi connectivity index (χ0) is 23.0. The average molecular weight is 463 g/mol. The number of amides is 2. The molecular weight excluding hydrogens is 432 g/mol. The molecule has 1 atom stereocenters. The normalized spacial score (nSPS) is 12.2. The first-order chi connectivity index (χ1) is 14.6. The molecule has 7 heteroatoms. The summed E-state index contributed by atoms with van der Waals surface area (Å²) in [6.45, 7) is 7.85. The van der Waals surface area contributed by atoms with E-state index in [1.807, 2.05) is 69.3 Å². The highest BCUT2D eigenvalue weighted by molar-refractivity contribution is 7.99. The number of nitrogens with zero attached hydrogens (tertiary/aromatic N) is 1. The van der Waals surface area contributed by atoms with Gasteiger partial charge in [0.1, 0.15) is 11.8 Å². The highest BCUT2D eigenvalue weighted by Gasteiger charge is 2.28. The van der Waals surface area contributed by atoms with Gasteiger partial charge in [-0.2, -0.15) is 0 Å². The van der Waals surface area contributed by atoms with E-state index in [-0.39, 0.29) is 23.1 Å². The molecule has 0 radical (unpaired) electrons. The molecule has 168 valence electrons. The number of carbonyl (C=O) groups is 2. The zero-order valence-electron chi connectivity index (χ0n) is 18.8. The summed E-state index contributed by atoms with van der Waals surface area (Å²) in [6.07, 6.45) is 0. The van der Waals surface area contributed by atoms with Gasteiger partial charge in [-0.25, -0.2) is 0 Å². The second-order valence-corrected chi connectivity index (χ2v) is 9.77. The summed E-state index contributed by atoms with van der Waals surface area (Å²) in [7, 11) is 1.60. The Hall–Kier alpha value is -2.18. The number of benzene rings is 2. The van der Waals surface area contributed by atoms with Crippen molar-refractivity contribution in [2.45, 2.75) is 51.6 Å². The molecule has 0 aliphatic carbocycles. The monoisotopic (exact) mass is 462 g/mol. The standard InChI is InChI=1S/C24H31ClN2O3S/c1-17(23(29)26-24(2,3)4)27(14-18-9-8-11-20(13-18)30-5)22(28)16-31-15-19-10-6-7-12-21(19)25/h6-13,17H,14-16H2,1-5H3,(H,26,29)/t17-/m1/s1. The lowest BCUT2D eigenvalue weighted by atomic mass is 10.1. The number of nitrogens with one attached hydrogen (secondary N) is 1. The van der Waals surface area contributed by atoms with E-state index in [0.717, 1.165) is 11.1 Å². The summed E-state index contributed by atoms with van der Waals surface area (Å²) >= 11 is 7.70. The van der Waals surface area contributed by atoms with Gasteiger partial charge in [0.05, 0.1) is 12.9 Å². The lowest BCUT2D eigenvalue weighted by Gasteiger charge is -2.31. The molecule has 0 bridgehead atoms. The van der Waals surface area contributed by atoms with Crippen molar-refractivity contribution in [3.8, 4) is 5.75 Å². The van der Waals surface area contributed by atoms with Gasteiger partial charge in [-0.15, -0.1) is 11.8 Å². The maximum absolute atomic E-state index is 13.1. The molecule has 1 N–H and O–H groups in total. The van der Waals surface area contributed by atoms with E-state index in [4.69, 9.17) is 16.3 Å². The van der Waals surface area contributed by atoms with Crippen LogP contribution in [0.5, 0.6) is 5.75 Å². The van der Waals surface area contributed by atoms with E-state index in [9.17, 15) is 9.59 Å². The number of methoxy groups -OCH3 is 1. The molecule has 31 heavy (non-hydrogen) atoms. The first-order valence-corrected chi connectivity index (χ1v) is 11.7. The van der Waals surface area contributed by atoms with Gasteiger partial charge >= 0.3 is 0 Å². The Kier molecular flexibility index (Phi) is 9.26. The molecule has 0 aliphatic heterocycles. The zero-order valence-corrected chi connectivity index (χ0v) is 20.3. The molecule has 2 amide bonds. The van der Waals surface area contributed by atoms with Crippen LogP contribution in [0.2, 0.25) is 5.02 Å². The number of thioether (sulfide) groups is 1. The fourth-order valence-electron chi connectivity index (χ4n) is 2.97. The Morgan fingerprint density at radius 1 is 1.16 bits per heavy atom. The molecule has 2 rings (SSSR count). The van der Waals surface area contributed by atoms with Crippen molar-refractivity contribution in [3.63, 3.8) is 0 Å². The number of hydrogen-bond acceptors (Lipinski definition) is 4. The van der Waals surface area contributed by atoms with Crippen molar-refractivity contribution >= 4 is 35.2 Å². The van der Waals surface area contributed by atoms with E-state index in [0.29, 0.717) is 23.1 Å². The van der Waals surface area contributed by atoms with Crippen molar-refractivity contribution < 1.29 is 14.3 Å². The van der Waals surface area contributed by atoms with E-state index in [1.165, 1.54) is 11.8 Å². The van der Waals surface area contributed by atoms with Crippen LogP contribution in [0.1, 0.15) is 38.8 Å². The molecule has 0 aliphatic rings. The summed E-state index contributed by atoms with van der Waals surface area (Å²) in [5.41, 5.74) is 1.51. The van der Waals surface area contributed by atoms with Gasteiger partial charge in [0.25, 0.3) is 0 Å². The second-order valence-electron chi connectivity index (χ2n) is 8.37. The first-order valence-electron chi connectivity index (χ1n) is 10.2. The van der Waals surface area contributed by atoms with Crippen LogP contribution in [0.3, 0.4) is 0 Å². The van der Waals surface area contributed by atoms with E-state index < -0.39 is 6.04 Å². The largest absolute Gasteiger partial charge is 0.497 e. The minimum atomic E-state index is -0.612. The molecule has 0 fully saturated rings. The minimum absolute atomic E-state index is 0.101. The third kappa shape index (κ3) is 8.11. The van der Waals surface area contributed by atoms with Gasteiger partial charge < -0.3 is 15.0 Å². The molecule has 0 heterocycles. The van der Waals surface area contributed by atoms with Crippen LogP contribution in [0.4, 0.5) is 0 Å². The molecule has 0 aromatic heterocycles. The smallest absolute Gasteiger partial charge is 0.242 e. The third-order valence-corrected chi connectivity index (χ3v) is 5.93. The van der Waals surface area contributed by atoms with Crippen molar-refractivity contribution in [2.24, 2.45) is 0 Å². The Morgan fingerprint density at radius 3 is 2.52 bits per heavy atom. The lowest BCUT2D eigenvalue weighted by Crippen LogP contribution is -2.52. The van der Waals surface area contributed by atoms with Crippen molar-refractivity contribution in [2.75, 3.05) is 12.9 Å². The van der Waals surface area contributed by atoms with Crippen LogP contribution in [0, 0.1) is 0 Å². The third-order valence-electron chi connectivity index (χ3n) is 4.59. The highest BCUT2D eigenvalue weighted by atomic mass is 35.5. The molecule has 2 aromatic carbocycles. The lowest BCUT2D eigenvalue weighted by molar-refractivity contribution is -0.139. The van der Waals surface area contributed by atoms with E-state index in [2.05, 4.69) is 5.32 Å². The van der Waals surface area contributed by atoms with Gasteiger partial charge in [0.2, 0.25) is 11.8 Å². The molecular formula is C24H31ClN2O3S. The minimum Gasteiger partial charge on any atom is -0.497 e. The molecule has 0 spiro atoms. The maximum Gasteiger partial charge on any atom is 0.242 e. The summed E-state index contributed by atoms with van der Waals surface area (Å²) in [5.74, 6) is 1.31. The van der Waals surface area contributed by atoms with Crippen LogP contribution < -0.4 is 10.1 Å². The van der Waals surface area contributed by atoms with Crippen LogP contribution in [-0.4, -0.2) is 41.2 Å². The summed E-state index contributed by atoms with van der Waals surface area (Å²) in [4.78, 5) is 27.6. The topological polar surface area (TPSA) is 58.6 Å². The van der Waals surface area contributed by atoms with Gasteiger partial charge in [0, 0.05) is 22.9 Å². The van der Waals surface area contributed by atoms with Gasteiger partial charge in [-0.3, -0.25) is 9.59 Å². The summed E-state index contributed by atoms with van der Waals surface area (Å²) in [6, 6.07) is 14.5. The van der Waals surface area contributed by atoms with Crippen LogP contribution in [0.15, 0.2) is 48.5 Å². The Morgan fingerprint density at radius 2 is 1.87 bits per heavy atom. The predicted octanol–water partition coefficient (Wildman–Crippen LogP) is 4.91. The fourth-order valence-corrected chi connectivity index (χ4v) is 4.17. The Balaban J connectivity index is 2.13. The fraction of sp³-hybridized carbons (Fsp3) is 0.417. The SMILES string of the molecule is COc1cccc(CN(C(=O)CSCc2ccccc2Cl)[C@H](C)C(=O)NC(C)(C)C)c1. The Bertz CT molecular complexity index is 898. The van der Waals surface area contributed by atoms with Gasteiger partial charge in [-0.1, -0.05) is 41.9 Å². The molecule has 2 aromatic rings. The number of hydrogen-bond donors (Lipinski definition) is 1. The summed E-state index contributed by atoms with van der Waals surface area (Å²) < 4.78 is 5.30. The van der Waals surface area contributed by atoms with Crippen molar-refractivity contribution in [1.29, 1.82) is 0 Å². The van der Waals surface area contributed by atoms with Crippen LogP contribution in [0.25, 0.3) is 0 Å². The first kappa shape index (κ1) is 25.1. The molecule has 5 nitrogen and oxygen atoms in total. The van der Waals surface area contributed by atoms with E-state index in [1.54, 1.807) is 18.9 Å². The van der Waals surface area contributed by atoms with Gasteiger partial charge in [-0.05, 0) is 57.0 Å². The van der Waals surface area contributed by atoms with Crippen LogP contribution >= 0.6 is 23.4 Å². The Labute approximate surface area is 194 Å². The van der Waals surface area contributed by atoms with Crippen molar-refractivity contribution in [1.82, 2.24) is 10.2 Å². The van der Waals surface area contributed by atoms with Crippen LogP contribution in [-0.2, 0) is 21.9 Å². The number of rotatable bonds is 9. The maximum atomic E-state index is 13.1. The quantitative estimate of drug-likeness (QED) is 0.575.